The van der Waals surface area contributed by atoms with Crippen molar-refractivity contribution in [2.75, 3.05) is 33.5 Å². The molecule has 0 heterocycles. The molecule has 0 aliphatic rings. The van der Waals surface area contributed by atoms with Crippen LogP contribution in [0.4, 0.5) is 0 Å². The van der Waals surface area contributed by atoms with E-state index < -0.39 is 6.10 Å². The molecule has 20 heavy (non-hydrogen) atoms. The fraction of sp³-hybridized carbons (Fsp3) is 0.600. The molecular weight excluding hydrogens is 258 g/mol. The van der Waals surface area contributed by atoms with Gasteiger partial charge in [-0.3, -0.25) is 0 Å². The molecule has 0 amide bonds. The van der Waals surface area contributed by atoms with Gasteiger partial charge < -0.3 is 25.1 Å². The molecule has 5 nitrogen and oxygen atoms in total. The number of nitrogens with two attached hydrogens (primary N) is 1. The van der Waals surface area contributed by atoms with E-state index >= 15 is 0 Å². The van der Waals surface area contributed by atoms with E-state index in [9.17, 15) is 5.11 Å². The van der Waals surface area contributed by atoms with E-state index in [-0.39, 0.29) is 19.3 Å². The lowest BCUT2D eigenvalue weighted by Gasteiger charge is -2.13. The topological polar surface area (TPSA) is 73.9 Å². The van der Waals surface area contributed by atoms with Gasteiger partial charge in [-0.05, 0) is 31.0 Å². The third kappa shape index (κ3) is 7.45. The number of aliphatic hydroxyl groups excluding tert-OH is 1. The Morgan fingerprint density at radius 1 is 1.15 bits per heavy atom. The second kappa shape index (κ2) is 9.72. The summed E-state index contributed by atoms with van der Waals surface area (Å²) in [7, 11) is 1.61. The first-order valence-corrected chi connectivity index (χ1v) is 6.84. The van der Waals surface area contributed by atoms with Crippen LogP contribution in [0, 0.1) is 0 Å². The Hall–Kier alpha value is -1.14. The van der Waals surface area contributed by atoms with Gasteiger partial charge in [-0.1, -0.05) is 12.1 Å². The number of hydrogen-bond acceptors (Lipinski definition) is 5. The van der Waals surface area contributed by atoms with Crippen LogP contribution in [0.3, 0.4) is 0 Å². The van der Waals surface area contributed by atoms with E-state index in [2.05, 4.69) is 0 Å². The molecule has 0 aliphatic heterocycles. The molecule has 5 heteroatoms. The quantitative estimate of drug-likeness (QED) is 0.626. The van der Waals surface area contributed by atoms with Crippen LogP contribution in [0.2, 0.25) is 0 Å². The SMILES string of the molecule is COCCOCC(O)COc1ccc(CC(C)N)cc1. The maximum absolute atomic E-state index is 9.68. The molecule has 1 rings (SSSR count). The Labute approximate surface area is 120 Å². The molecule has 0 saturated carbocycles. The van der Waals surface area contributed by atoms with Crippen molar-refractivity contribution in [3.05, 3.63) is 29.8 Å². The van der Waals surface area contributed by atoms with Crippen LogP contribution in [-0.4, -0.2) is 50.8 Å². The van der Waals surface area contributed by atoms with E-state index in [0.717, 1.165) is 12.2 Å². The predicted molar refractivity (Wildman–Crippen MR) is 78.0 cm³/mol. The van der Waals surface area contributed by atoms with Crippen LogP contribution in [0.1, 0.15) is 12.5 Å². The first-order valence-electron chi connectivity index (χ1n) is 6.84. The normalized spacial score (nSPS) is 14.0. The molecule has 2 unspecified atom stereocenters. The van der Waals surface area contributed by atoms with Crippen LogP contribution in [0.15, 0.2) is 24.3 Å². The molecule has 114 valence electrons. The average Bonchev–Trinajstić information content (AvgIpc) is 2.42. The largest absolute Gasteiger partial charge is 0.491 e. The molecular formula is C15H25NO4. The minimum absolute atomic E-state index is 0.146. The standard InChI is InChI=1S/C15H25NO4/c1-12(16)9-13-3-5-15(6-4-13)20-11-14(17)10-19-8-7-18-2/h3-6,12,14,17H,7-11,16H2,1-2H3. The van der Waals surface area contributed by atoms with Gasteiger partial charge in [-0.2, -0.15) is 0 Å². The second-order valence-electron chi connectivity index (χ2n) is 4.86. The number of rotatable bonds is 10. The van der Waals surface area contributed by atoms with Gasteiger partial charge >= 0.3 is 0 Å². The van der Waals surface area contributed by atoms with Gasteiger partial charge in [0.15, 0.2) is 0 Å². The fourth-order valence-corrected chi connectivity index (χ4v) is 1.70. The summed E-state index contributed by atoms with van der Waals surface area (Å²) in [6, 6.07) is 7.89. The Balaban J connectivity index is 2.23. The Bertz CT molecular complexity index is 353. The van der Waals surface area contributed by atoms with Crippen molar-refractivity contribution < 1.29 is 19.3 Å². The van der Waals surface area contributed by atoms with Crippen molar-refractivity contribution >= 4 is 0 Å². The number of aliphatic hydroxyl groups is 1. The molecule has 0 saturated heterocycles. The zero-order valence-electron chi connectivity index (χ0n) is 12.2. The average molecular weight is 283 g/mol. The molecule has 3 N–H and O–H groups in total. The van der Waals surface area contributed by atoms with Gasteiger partial charge in [0.05, 0.1) is 19.8 Å². The summed E-state index contributed by atoms with van der Waals surface area (Å²) in [6.07, 6.45) is 0.201. The zero-order chi connectivity index (χ0) is 14.8. The summed E-state index contributed by atoms with van der Waals surface area (Å²) >= 11 is 0. The lowest BCUT2D eigenvalue weighted by molar-refractivity contribution is -0.00419. The highest BCUT2D eigenvalue weighted by Crippen LogP contribution is 2.13. The van der Waals surface area contributed by atoms with Crippen LogP contribution in [0.25, 0.3) is 0 Å². The molecule has 0 spiro atoms. The number of hydrogen-bond donors (Lipinski definition) is 2. The third-order valence-corrected chi connectivity index (χ3v) is 2.67. The maximum Gasteiger partial charge on any atom is 0.119 e. The van der Waals surface area contributed by atoms with E-state index in [0.29, 0.717) is 13.2 Å². The minimum atomic E-state index is -0.643. The first-order chi connectivity index (χ1) is 9.61. The summed E-state index contributed by atoms with van der Waals surface area (Å²) in [6.45, 7) is 3.42. The van der Waals surface area contributed by atoms with Gasteiger partial charge in [-0.15, -0.1) is 0 Å². The van der Waals surface area contributed by atoms with E-state index in [1.807, 2.05) is 31.2 Å². The summed E-state index contributed by atoms with van der Waals surface area (Å²) in [5.74, 6) is 0.731. The number of methoxy groups -OCH3 is 1. The highest BCUT2D eigenvalue weighted by atomic mass is 16.5. The highest BCUT2D eigenvalue weighted by molar-refractivity contribution is 5.27. The predicted octanol–water partition coefficient (Wildman–Crippen LogP) is 0.979. The van der Waals surface area contributed by atoms with Crippen molar-refractivity contribution in [1.82, 2.24) is 0 Å². The molecule has 0 bridgehead atoms. The van der Waals surface area contributed by atoms with Crippen molar-refractivity contribution in [3.8, 4) is 5.75 Å². The van der Waals surface area contributed by atoms with Gasteiger partial charge in [0.1, 0.15) is 18.5 Å². The van der Waals surface area contributed by atoms with Gasteiger partial charge in [0.2, 0.25) is 0 Å². The summed E-state index contributed by atoms with van der Waals surface area (Å²) in [5.41, 5.74) is 6.92. The molecule has 0 fully saturated rings. The molecule has 2 atom stereocenters. The summed E-state index contributed by atoms with van der Waals surface area (Å²) in [4.78, 5) is 0. The summed E-state index contributed by atoms with van der Waals surface area (Å²) in [5, 5.41) is 9.68. The second-order valence-corrected chi connectivity index (χ2v) is 4.86. The van der Waals surface area contributed by atoms with Crippen LogP contribution in [-0.2, 0) is 15.9 Å². The molecule has 0 aliphatic carbocycles. The van der Waals surface area contributed by atoms with Crippen molar-refractivity contribution in [2.45, 2.75) is 25.5 Å². The lowest BCUT2D eigenvalue weighted by atomic mass is 10.1. The highest BCUT2D eigenvalue weighted by Gasteiger charge is 2.06. The van der Waals surface area contributed by atoms with Gasteiger partial charge in [0.25, 0.3) is 0 Å². The maximum atomic E-state index is 9.68. The molecule has 1 aromatic rings. The Morgan fingerprint density at radius 3 is 2.45 bits per heavy atom. The van der Waals surface area contributed by atoms with E-state index in [1.165, 1.54) is 5.56 Å². The van der Waals surface area contributed by atoms with Gasteiger partial charge in [0, 0.05) is 13.2 Å². The smallest absolute Gasteiger partial charge is 0.119 e. The van der Waals surface area contributed by atoms with Crippen molar-refractivity contribution in [1.29, 1.82) is 0 Å². The fourth-order valence-electron chi connectivity index (χ4n) is 1.70. The monoisotopic (exact) mass is 283 g/mol. The summed E-state index contributed by atoms with van der Waals surface area (Å²) < 4.78 is 15.6. The first kappa shape index (κ1) is 16.9. The number of benzene rings is 1. The van der Waals surface area contributed by atoms with E-state index in [1.54, 1.807) is 7.11 Å². The zero-order valence-corrected chi connectivity index (χ0v) is 12.2. The van der Waals surface area contributed by atoms with E-state index in [4.69, 9.17) is 19.9 Å². The Morgan fingerprint density at radius 2 is 1.85 bits per heavy atom. The van der Waals surface area contributed by atoms with Crippen molar-refractivity contribution in [2.24, 2.45) is 5.73 Å². The minimum Gasteiger partial charge on any atom is -0.491 e. The third-order valence-electron chi connectivity index (χ3n) is 2.67. The Kier molecular flexibility index (Phi) is 8.22. The van der Waals surface area contributed by atoms with Crippen LogP contribution < -0.4 is 10.5 Å². The van der Waals surface area contributed by atoms with Crippen LogP contribution in [0.5, 0.6) is 5.75 Å². The molecule has 0 aromatic heterocycles. The van der Waals surface area contributed by atoms with Crippen molar-refractivity contribution in [3.63, 3.8) is 0 Å². The van der Waals surface area contributed by atoms with Gasteiger partial charge in [-0.25, -0.2) is 0 Å². The lowest BCUT2D eigenvalue weighted by Crippen LogP contribution is -2.24. The van der Waals surface area contributed by atoms with Crippen LogP contribution >= 0.6 is 0 Å². The molecule has 1 aromatic carbocycles. The number of ether oxygens (including phenoxy) is 3. The molecule has 0 radical (unpaired) electrons.